The Morgan fingerprint density at radius 1 is 1.67 bits per heavy atom. The van der Waals surface area contributed by atoms with E-state index >= 15 is 0 Å². The van der Waals surface area contributed by atoms with E-state index in [1.807, 2.05) is 0 Å². The zero-order valence-electron chi connectivity index (χ0n) is 8.51. The highest BCUT2D eigenvalue weighted by Crippen LogP contribution is 2.04. The highest BCUT2D eigenvalue weighted by Gasteiger charge is 2.07. The number of esters is 1. The first-order valence-electron chi connectivity index (χ1n) is 4.58. The molecule has 0 radical (unpaired) electrons. The van der Waals surface area contributed by atoms with Crippen molar-refractivity contribution in [3.63, 3.8) is 0 Å². The molecule has 5 nitrogen and oxygen atoms in total. The number of carbonyl (C=O) groups is 1. The normalized spacial score (nSPS) is 12.2. The van der Waals surface area contributed by atoms with Crippen LogP contribution in [0.2, 0.25) is 0 Å². The number of ether oxygens (including phenoxy) is 1. The summed E-state index contributed by atoms with van der Waals surface area (Å²) in [6, 6.07) is 3.28. The molecule has 0 fully saturated rings. The molecule has 0 aromatic carbocycles. The Morgan fingerprint density at radius 3 is 2.87 bits per heavy atom. The number of nitrogens with two attached hydrogens (primary N) is 1. The maximum absolute atomic E-state index is 11.1. The van der Waals surface area contributed by atoms with E-state index < -0.39 is 12.1 Å². The third-order valence-electron chi connectivity index (χ3n) is 1.96. The Bertz CT molecular complexity index is 324. The average molecular weight is 210 g/mol. The highest BCUT2D eigenvalue weighted by molar-refractivity contribution is 5.88. The predicted molar refractivity (Wildman–Crippen MR) is 54.3 cm³/mol. The molecule has 5 heteroatoms. The van der Waals surface area contributed by atoms with E-state index in [1.165, 1.54) is 13.3 Å². The molecule has 3 N–H and O–H groups in total. The second kappa shape index (κ2) is 5.43. The molecule has 0 aliphatic carbocycles. The van der Waals surface area contributed by atoms with Crippen LogP contribution < -0.4 is 5.73 Å². The van der Waals surface area contributed by atoms with E-state index in [9.17, 15) is 9.90 Å². The van der Waals surface area contributed by atoms with Crippen LogP contribution in [0.25, 0.3) is 0 Å². The van der Waals surface area contributed by atoms with Crippen molar-refractivity contribution >= 4 is 5.97 Å². The van der Waals surface area contributed by atoms with Gasteiger partial charge in [-0.15, -0.1) is 0 Å². The van der Waals surface area contributed by atoms with Crippen molar-refractivity contribution in [1.82, 2.24) is 4.98 Å². The van der Waals surface area contributed by atoms with Crippen LogP contribution in [0.15, 0.2) is 18.3 Å². The summed E-state index contributed by atoms with van der Waals surface area (Å²) in [6.45, 7) is 0.195. The smallest absolute Gasteiger partial charge is 0.339 e. The molecule has 0 saturated carbocycles. The van der Waals surface area contributed by atoms with E-state index in [1.54, 1.807) is 12.1 Å². The third kappa shape index (κ3) is 3.30. The monoisotopic (exact) mass is 210 g/mol. The van der Waals surface area contributed by atoms with E-state index in [4.69, 9.17) is 5.73 Å². The highest BCUT2D eigenvalue weighted by atomic mass is 16.5. The standard InChI is InChI=1S/C10H14N2O3/c1-15-10(14)7-2-3-8(12-6-7)4-9(13)5-11/h2-3,6,9,13H,4-5,11H2,1H3. The van der Waals surface area contributed by atoms with Crippen molar-refractivity contribution in [3.05, 3.63) is 29.6 Å². The zero-order chi connectivity index (χ0) is 11.3. The summed E-state index contributed by atoms with van der Waals surface area (Å²) in [4.78, 5) is 15.1. The van der Waals surface area contributed by atoms with Gasteiger partial charge in [0.05, 0.1) is 18.8 Å². The number of pyridine rings is 1. The summed E-state index contributed by atoms with van der Waals surface area (Å²) in [7, 11) is 1.31. The Morgan fingerprint density at radius 2 is 2.40 bits per heavy atom. The summed E-state index contributed by atoms with van der Waals surface area (Å²) >= 11 is 0. The Balaban J connectivity index is 2.68. The minimum Gasteiger partial charge on any atom is -0.465 e. The molecule has 0 aliphatic heterocycles. The number of aromatic nitrogens is 1. The van der Waals surface area contributed by atoms with Crippen LogP contribution in [0.4, 0.5) is 0 Å². The maximum atomic E-state index is 11.1. The molecule has 1 unspecified atom stereocenters. The van der Waals surface area contributed by atoms with Gasteiger partial charge in [-0.2, -0.15) is 0 Å². The van der Waals surface area contributed by atoms with Gasteiger partial charge in [0.1, 0.15) is 0 Å². The van der Waals surface area contributed by atoms with Gasteiger partial charge in [-0.3, -0.25) is 4.98 Å². The van der Waals surface area contributed by atoms with Crippen LogP contribution in [0.5, 0.6) is 0 Å². The summed E-state index contributed by atoms with van der Waals surface area (Å²) in [6.07, 6.45) is 1.21. The Hall–Kier alpha value is -1.46. The lowest BCUT2D eigenvalue weighted by Gasteiger charge is -2.06. The molecular weight excluding hydrogens is 196 g/mol. The minimum atomic E-state index is -0.596. The zero-order valence-corrected chi connectivity index (χ0v) is 8.51. The van der Waals surface area contributed by atoms with Crippen LogP contribution in [0.1, 0.15) is 16.1 Å². The lowest BCUT2D eigenvalue weighted by atomic mass is 10.1. The average Bonchev–Trinajstić information content (AvgIpc) is 2.29. The molecule has 0 spiro atoms. The number of hydrogen-bond donors (Lipinski definition) is 2. The molecule has 1 heterocycles. The molecule has 0 amide bonds. The van der Waals surface area contributed by atoms with Crippen molar-refractivity contribution in [1.29, 1.82) is 0 Å². The lowest BCUT2D eigenvalue weighted by Crippen LogP contribution is -2.22. The SMILES string of the molecule is COC(=O)c1ccc(CC(O)CN)nc1. The first-order valence-corrected chi connectivity index (χ1v) is 4.58. The minimum absolute atomic E-state index is 0.195. The second-order valence-corrected chi connectivity index (χ2v) is 3.12. The maximum Gasteiger partial charge on any atom is 0.339 e. The fraction of sp³-hybridized carbons (Fsp3) is 0.400. The van der Waals surface area contributed by atoms with Gasteiger partial charge in [0.2, 0.25) is 0 Å². The van der Waals surface area contributed by atoms with Crippen LogP contribution in [0.3, 0.4) is 0 Å². The van der Waals surface area contributed by atoms with Gasteiger partial charge in [0.15, 0.2) is 0 Å². The Kier molecular flexibility index (Phi) is 4.20. The van der Waals surface area contributed by atoms with Crippen molar-refractivity contribution in [2.24, 2.45) is 5.73 Å². The van der Waals surface area contributed by atoms with E-state index in [-0.39, 0.29) is 6.54 Å². The number of methoxy groups -OCH3 is 1. The molecule has 0 aliphatic rings. The van der Waals surface area contributed by atoms with Crippen molar-refractivity contribution in [2.75, 3.05) is 13.7 Å². The number of hydrogen-bond acceptors (Lipinski definition) is 5. The van der Waals surface area contributed by atoms with Gasteiger partial charge < -0.3 is 15.6 Å². The van der Waals surface area contributed by atoms with Crippen LogP contribution in [-0.4, -0.2) is 35.8 Å². The molecule has 0 bridgehead atoms. The van der Waals surface area contributed by atoms with E-state index in [2.05, 4.69) is 9.72 Å². The summed E-state index contributed by atoms with van der Waals surface area (Å²) < 4.78 is 4.53. The molecule has 82 valence electrons. The lowest BCUT2D eigenvalue weighted by molar-refractivity contribution is 0.0600. The largest absolute Gasteiger partial charge is 0.465 e. The molecular formula is C10H14N2O3. The van der Waals surface area contributed by atoms with Gasteiger partial charge in [0.25, 0.3) is 0 Å². The molecule has 1 rings (SSSR count). The van der Waals surface area contributed by atoms with Crippen molar-refractivity contribution in [2.45, 2.75) is 12.5 Å². The molecule has 1 atom stereocenters. The fourth-order valence-corrected chi connectivity index (χ4v) is 1.11. The van der Waals surface area contributed by atoms with Gasteiger partial charge in [-0.1, -0.05) is 0 Å². The molecule has 15 heavy (non-hydrogen) atoms. The first kappa shape index (κ1) is 11.6. The molecule has 1 aromatic heterocycles. The first-order chi connectivity index (χ1) is 7.17. The fourth-order valence-electron chi connectivity index (χ4n) is 1.11. The van der Waals surface area contributed by atoms with Gasteiger partial charge in [-0.25, -0.2) is 4.79 Å². The van der Waals surface area contributed by atoms with Crippen LogP contribution in [-0.2, 0) is 11.2 Å². The Labute approximate surface area is 87.9 Å². The third-order valence-corrected chi connectivity index (χ3v) is 1.96. The topological polar surface area (TPSA) is 85.4 Å². The van der Waals surface area contributed by atoms with Gasteiger partial charge in [0, 0.05) is 24.9 Å². The van der Waals surface area contributed by atoms with E-state index in [0.717, 1.165) is 0 Å². The van der Waals surface area contributed by atoms with E-state index in [0.29, 0.717) is 17.7 Å². The summed E-state index contributed by atoms with van der Waals surface area (Å²) in [5, 5.41) is 9.28. The summed E-state index contributed by atoms with van der Waals surface area (Å²) in [5.41, 5.74) is 6.35. The number of nitrogens with zero attached hydrogens (tertiary/aromatic N) is 1. The van der Waals surface area contributed by atoms with Crippen molar-refractivity contribution in [3.8, 4) is 0 Å². The second-order valence-electron chi connectivity index (χ2n) is 3.12. The number of aliphatic hydroxyl groups excluding tert-OH is 1. The number of rotatable bonds is 4. The number of aliphatic hydroxyl groups is 1. The molecule has 0 saturated heterocycles. The number of carbonyl (C=O) groups excluding carboxylic acids is 1. The summed E-state index contributed by atoms with van der Waals surface area (Å²) in [5.74, 6) is -0.423. The van der Waals surface area contributed by atoms with Crippen molar-refractivity contribution < 1.29 is 14.6 Å². The molecule has 1 aromatic rings. The van der Waals surface area contributed by atoms with Crippen LogP contribution in [0, 0.1) is 0 Å². The van der Waals surface area contributed by atoms with Gasteiger partial charge in [-0.05, 0) is 12.1 Å². The predicted octanol–water partition coefficient (Wildman–Crippen LogP) is -0.270. The quantitative estimate of drug-likeness (QED) is 0.668. The van der Waals surface area contributed by atoms with Crippen LogP contribution >= 0.6 is 0 Å². The van der Waals surface area contributed by atoms with Gasteiger partial charge >= 0.3 is 5.97 Å².